The van der Waals surface area contributed by atoms with E-state index in [1.807, 2.05) is 97.6 Å². The van der Waals surface area contributed by atoms with Crippen LogP contribution >= 0.6 is 11.6 Å². The van der Waals surface area contributed by atoms with Crippen LogP contribution in [0.25, 0.3) is 5.69 Å². The highest BCUT2D eigenvalue weighted by Crippen LogP contribution is 2.27. The fraction of sp³-hybridized carbons (Fsp3) is 0.130. The van der Waals surface area contributed by atoms with Crippen LogP contribution in [0.3, 0.4) is 0 Å². The van der Waals surface area contributed by atoms with Crippen LogP contribution < -0.4 is 15.9 Å². The summed E-state index contributed by atoms with van der Waals surface area (Å²) in [6.07, 6.45) is 1.85. The zero-order chi connectivity index (χ0) is 20.4. The lowest BCUT2D eigenvalue weighted by Crippen LogP contribution is -2.26. The second kappa shape index (κ2) is 7.97. The van der Waals surface area contributed by atoms with Crippen molar-refractivity contribution in [1.29, 1.82) is 0 Å². The van der Waals surface area contributed by atoms with Gasteiger partial charge in [0.15, 0.2) is 6.04 Å². The molecular formula is C23H22ClN4O+. The van der Waals surface area contributed by atoms with Gasteiger partial charge in [-0.25, -0.2) is 9.67 Å². The van der Waals surface area contributed by atoms with E-state index in [1.54, 1.807) is 4.68 Å². The number of nitrogens with one attached hydrogen (secondary N) is 2. The number of anilines is 1. The van der Waals surface area contributed by atoms with Crippen molar-refractivity contribution in [3.8, 4) is 5.69 Å². The zero-order valence-electron chi connectivity index (χ0n) is 16.3. The summed E-state index contributed by atoms with van der Waals surface area (Å²) in [7, 11) is 1.90. The van der Waals surface area contributed by atoms with Gasteiger partial charge in [0.25, 0.3) is 11.4 Å². The maximum Gasteiger partial charge on any atom is 0.279 e. The third kappa shape index (κ3) is 3.69. The first-order chi connectivity index (χ1) is 14.1. The number of para-hydroxylation sites is 1. The molecule has 0 aliphatic heterocycles. The Morgan fingerprint density at radius 2 is 1.66 bits per heavy atom. The lowest BCUT2D eigenvalue weighted by Gasteiger charge is -2.14. The van der Waals surface area contributed by atoms with Crippen molar-refractivity contribution in [2.24, 2.45) is 7.05 Å². The minimum atomic E-state index is -0.338. The van der Waals surface area contributed by atoms with Crippen LogP contribution in [0.4, 0.5) is 5.82 Å². The van der Waals surface area contributed by atoms with Gasteiger partial charge in [0.2, 0.25) is 0 Å². The molecule has 0 saturated carbocycles. The molecular weight excluding hydrogens is 384 g/mol. The number of aromatic nitrogens is 3. The Hall–Kier alpha value is -3.31. The van der Waals surface area contributed by atoms with Gasteiger partial charge in [0.05, 0.1) is 17.4 Å². The summed E-state index contributed by atoms with van der Waals surface area (Å²) in [6, 6.07) is 22.7. The number of hydrogen-bond acceptors (Lipinski definition) is 2. The average molecular weight is 406 g/mol. The third-order valence-corrected chi connectivity index (χ3v) is 5.35. The van der Waals surface area contributed by atoms with Gasteiger partial charge in [0.1, 0.15) is 0 Å². The fourth-order valence-electron chi connectivity index (χ4n) is 3.54. The van der Waals surface area contributed by atoms with E-state index in [1.165, 1.54) is 0 Å². The summed E-state index contributed by atoms with van der Waals surface area (Å²) in [5, 5.41) is 4.14. The van der Waals surface area contributed by atoms with Crippen LogP contribution in [-0.2, 0) is 7.05 Å². The van der Waals surface area contributed by atoms with Gasteiger partial charge in [-0.2, -0.15) is 0 Å². The van der Waals surface area contributed by atoms with Crippen LogP contribution in [0.15, 0.2) is 83.8 Å². The Balaban J connectivity index is 1.89. The van der Waals surface area contributed by atoms with Crippen molar-refractivity contribution in [2.75, 3.05) is 5.32 Å². The molecule has 4 rings (SSSR count). The molecule has 0 spiro atoms. The van der Waals surface area contributed by atoms with E-state index >= 15 is 0 Å². The monoisotopic (exact) mass is 405 g/mol. The van der Waals surface area contributed by atoms with Gasteiger partial charge < -0.3 is 0 Å². The summed E-state index contributed by atoms with van der Waals surface area (Å²) >= 11 is 6.10. The highest BCUT2D eigenvalue weighted by Gasteiger charge is 2.29. The van der Waals surface area contributed by atoms with Crippen LogP contribution in [0.1, 0.15) is 22.9 Å². The minimum Gasteiger partial charge on any atom is -0.285 e. The Morgan fingerprint density at radius 1 is 0.966 bits per heavy atom. The standard InChI is InChI=1S/C23H21ClN4O/c1-16-21(23(29)28(27(16)2)19-8-4-3-5-9-19)22(17-11-13-18(24)14-12-17)26-20-10-6-7-15-25-20/h3-15,22H,1-2H3,(H,25,26)/p+1/t22-/m1/s1. The molecule has 0 saturated heterocycles. The Morgan fingerprint density at radius 3 is 2.31 bits per heavy atom. The van der Waals surface area contributed by atoms with Gasteiger partial charge in [-0.05, 0) is 37.3 Å². The molecule has 2 aromatic carbocycles. The van der Waals surface area contributed by atoms with Crippen molar-refractivity contribution >= 4 is 17.4 Å². The molecule has 0 fully saturated rings. The molecule has 146 valence electrons. The molecule has 2 aromatic heterocycles. The number of aromatic amines is 1. The van der Waals surface area contributed by atoms with E-state index in [9.17, 15) is 4.79 Å². The summed E-state index contributed by atoms with van der Waals surface area (Å²) in [5.41, 5.74) is 3.31. The first-order valence-corrected chi connectivity index (χ1v) is 9.76. The number of H-pyrrole nitrogens is 1. The Kier molecular flexibility index (Phi) is 5.23. The van der Waals surface area contributed by atoms with E-state index in [4.69, 9.17) is 11.6 Å². The highest BCUT2D eigenvalue weighted by molar-refractivity contribution is 6.30. The van der Waals surface area contributed by atoms with E-state index in [2.05, 4.69) is 10.3 Å². The number of hydrogen-bond donors (Lipinski definition) is 1. The third-order valence-electron chi connectivity index (χ3n) is 5.10. The van der Waals surface area contributed by atoms with Gasteiger partial charge in [-0.1, -0.05) is 48.0 Å². The molecule has 2 heterocycles. The molecule has 1 atom stereocenters. The van der Waals surface area contributed by atoms with E-state index in [0.717, 1.165) is 22.8 Å². The van der Waals surface area contributed by atoms with E-state index in [-0.39, 0.29) is 11.6 Å². The molecule has 29 heavy (non-hydrogen) atoms. The number of halogens is 1. The molecule has 0 unspecified atom stereocenters. The Labute approximate surface area is 174 Å². The van der Waals surface area contributed by atoms with Crippen molar-refractivity contribution in [3.05, 3.63) is 111 Å². The summed E-state index contributed by atoms with van der Waals surface area (Å²) in [5.74, 6) is 0.821. The van der Waals surface area contributed by atoms with Gasteiger partial charge in [-0.15, -0.1) is 0 Å². The first-order valence-electron chi connectivity index (χ1n) is 9.39. The molecule has 4 aromatic rings. The second-order valence-electron chi connectivity index (χ2n) is 6.88. The number of pyridine rings is 1. The summed E-state index contributed by atoms with van der Waals surface area (Å²) < 4.78 is 3.59. The van der Waals surface area contributed by atoms with Crippen LogP contribution in [0.5, 0.6) is 0 Å². The fourth-order valence-corrected chi connectivity index (χ4v) is 3.66. The molecule has 0 amide bonds. The zero-order valence-corrected chi connectivity index (χ0v) is 17.0. The molecule has 6 heteroatoms. The van der Waals surface area contributed by atoms with Crippen molar-refractivity contribution in [3.63, 3.8) is 0 Å². The molecule has 2 N–H and O–H groups in total. The van der Waals surface area contributed by atoms with E-state index < -0.39 is 0 Å². The van der Waals surface area contributed by atoms with E-state index in [0.29, 0.717) is 10.6 Å². The minimum absolute atomic E-state index is 0.0559. The largest absolute Gasteiger partial charge is 0.285 e. The van der Waals surface area contributed by atoms with Crippen LogP contribution in [0.2, 0.25) is 5.02 Å². The maximum atomic E-state index is 13.5. The molecule has 0 bridgehead atoms. The van der Waals surface area contributed by atoms with Crippen LogP contribution in [0, 0.1) is 6.92 Å². The quantitative estimate of drug-likeness (QED) is 0.542. The predicted octanol–water partition coefficient (Wildman–Crippen LogP) is 4.15. The van der Waals surface area contributed by atoms with Crippen LogP contribution in [-0.4, -0.2) is 9.36 Å². The van der Waals surface area contributed by atoms with Crippen molar-refractivity contribution in [1.82, 2.24) is 9.36 Å². The molecule has 5 nitrogen and oxygen atoms in total. The lowest BCUT2D eigenvalue weighted by atomic mass is 9.99. The predicted molar refractivity (Wildman–Crippen MR) is 116 cm³/mol. The topological polar surface area (TPSA) is 53.1 Å². The van der Waals surface area contributed by atoms with Gasteiger partial charge >= 0.3 is 0 Å². The summed E-state index contributed by atoms with van der Waals surface area (Å²) in [6.45, 7) is 1.97. The highest BCUT2D eigenvalue weighted by atomic mass is 35.5. The van der Waals surface area contributed by atoms with Crippen molar-refractivity contribution < 1.29 is 4.98 Å². The maximum absolute atomic E-state index is 13.5. The smallest absolute Gasteiger partial charge is 0.279 e. The molecule has 0 aliphatic carbocycles. The van der Waals surface area contributed by atoms with Gasteiger partial charge in [-0.3, -0.25) is 14.8 Å². The SMILES string of the molecule is Cc1c([C@H](Nc2cccc[nH+]2)c2ccc(Cl)cc2)c(=O)n(-c2ccccc2)n1C. The number of rotatable bonds is 5. The second-order valence-corrected chi connectivity index (χ2v) is 7.32. The Bertz CT molecular complexity index is 1170. The lowest BCUT2D eigenvalue weighted by molar-refractivity contribution is -0.361. The normalized spacial score (nSPS) is 12.0. The number of benzene rings is 2. The average Bonchev–Trinajstić information content (AvgIpc) is 2.97. The molecule has 0 aliphatic rings. The molecule has 0 radical (unpaired) electrons. The first kappa shape index (κ1) is 19.0. The number of nitrogens with zero attached hydrogens (tertiary/aromatic N) is 2. The van der Waals surface area contributed by atoms with Gasteiger partial charge in [0, 0.05) is 29.4 Å². The summed E-state index contributed by atoms with van der Waals surface area (Å²) in [4.78, 5) is 16.7. The van der Waals surface area contributed by atoms with Crippen molar-refractivity contribution in [2.45, 2.75) is 13.0 Å².